The zero-order valence-corrected chi connectivity index (χ0v) is 22.8. The molecule has 0 aromatic heterocycles. The molecule has 1 N–H and O–H groups in total. The van der Waals surface area contributed by atoms with Gasteiger partial charge in [0, 0.05) is 25.7 Å². The number of methoxy groups -OCH3 is 1. The number of hydrogen-bond donors (Lipinski definition) is 1. The molecule has 218 valence electrons. The van der Waals surface area contributed by atoms with Crippen LogP contribution >= 0.6 is 0 Å². The Morgan fingerprint density at radius 1 is 1.07 bits per heavy atom. The van der Waals surface area contributed by atoms with Gasteiger partial charge in [-0.25, -0.2) is 18.0 Å². The van der Waals surface area contributed by atoms with Crippen LogP contribution in [0.15, 0.2) is 53.4 Å². The third-order valence-corrected chi connectivity index (χ3v) is 8.19. The van der Waals surface area contributed by atoms with E-state index in [1.165, 1.54) is 24.1 Å². The lowest BCUT2D eigenvalue weighted by molar-refractivity contribution is -0.142. The number of likely N-dealkylation sites (tertiary alicyclic amines) is 1. The van der Waals surface area contributed by atoms with E-state index < -0.39 is 45.8 Å². The first-order valence-electron chi connectivity index (χ1n) is 12.4. The number of ether oxygens (including phenoxy) is 2. The van der Waals surface area contributed by atoms with Gasteiger partial charge < -0.3 is 19.7 Å². The molecule has 1 unspecified atom stereocenters. The minimum absolute atomic E-state index is 0.0191. The van der Waals surface area contributed by atoms with Crippen LogP contribution in [0.2, 0.25) is 0 Å². The predicted octanol–water partition coefficient (Wildman–Crippen LogP) is 3.42. The number of piperidine rings is 1. The van der Waals surface area contributed by atoms with Crippen molar-refractivity contribution in [2.24, 2.45) is 0 Å². The van der Waals surface area contributed by atoms with Crippen LogP contribution in [0.4, 0.5) is 18.0 Å². The van der Waals surface area contributed by atoms with E-state index in [1.54, 1.807) is 19.1 Å². The quantitative estimate of drug-likeness (QED) is 0.448. The van der Waals surface area contributed by atoms with Crippen molar-refractivity contribution in [3.8, 4) is 0 Å². The summed E-state index contributed by atoms with van der Waals surface area (Å²) in [7, 11) is -3.10. The highest BCUT2D eigenvalue weighted by atomic mass is 32.2. The van der Waals surface area contributed by atoms with Crippen LogP contribution in [0, 0.1) is 0 Å². The summed E-state index contributed by atoms with van der Waals surface area (Å²) in [6, 6.07) is 7.94. The maximum absolute atomic E-state index is 13.8. The lowest BCUT2D eigenvalue weighted by Crippen LogP contribution is -2.53. The molecule has 14 heteroatoms. The van der Waals surface area contributed by atoms with E-state index in [1.807, 2.05) is 0 Å². The van der Waals surface area contributed by atoms with Crippen molar-refractivity contribution < 1.29 is 45.4 Å². The van der Waals surface area contributed by atoms with Gasteiger partial charge in [0.15, 0.2) is 0 Å². The standard InChI is InChI=1S/C26H30F3N3O7S/c1-3-39-23(33)15-30-25(35)31-14-4-5-21(17-31)32(16-18-6-8-19(9-7-18)24(34)38-2)40(36,37)22-12-10-20(11-13-22)26(27,28)29/h6-13,21H,3-5,14-17H2,1-2H3,(H,30,35). The van der Waals surface area contributed by atoms with Gasteiger partial charge in [-0.15, -0.1) is 0 Å². The molecule has 2 aromatic carbocycles. The summed E-state index contributed by atoms with van der Waals surface area (Å²) in [6.45, 7) is 1.55. The molecule has 1 aliphatic heterocycles. The van der Waals surface area contributed by atoms with Gasteiger partial charge in [0.1, 0.15) is 6.54 Å². The molecule has 0 spiro atoms. The molecule has 1 fully saturated rings. The number of carbonyl (C=O) groups is 3. The Labute approximate surface area is 230 Å². The third-order valence-electron chi connectivity index (χ3n) is 6.28. The van der Waals surface area contributed by atoms with Crippen molar-refractivity contribution in [1.82, 2.24) is 14.5 Å². The third kappa shape index (κ3) is 7.72. The molecule has 1 atom stereocenters. The number of carbonyl (C=O) groups excluding carboxylic acids is 3. The SMILES string of the molecule is CCOC(=O)CNC(=O)N1CCCC(N(Cc2ccc(C(=O)OC)cc2)S(=O)(=O)c2ccc(C(F)(F)F)cc2)C1. The highest BCUT2D eigenvalue weighted by Gasteiger charge is 2.37. The maximum atomic E-state index is 13.8. The van der Waals surface area contributed by atoms with E-state index in [-0.39, 0.29) is 36.7 Å². The number of rotatable bonds is 9. The molecule has 0 saturated carbocycles. The number of hydrogen-bond acceptors (Lipinski definition) is 7. The summed E-state index contributed by atoms with van der Waals surface area (Å²) in [4.78, 5) is 37.2. The second-order valence-corrected chi connectivity index (χ2v) is 10.9. The van der Waals surface area contributed by atoms with Crippen molar-refractivity contribution in [1.29, 1.82) is 0 Å². The smallest absolute Gasteiger partial charge is 0.416 e. The average molecular weight is 586 g/mol. The summed E-state index contributed by atoms with van der Waals surface area (Å²) < 4.78 is 77.4. The second kappa shape index (κ2) is 13.1. The number of amides is 2. The van der Waals surface area contributed by atoms with Gasteiger partial charge in [0.25, 0.3) is 0 Å². The number of nitrogens with zero attached hydrogens (tertiary/aromatic N) is 2. The minimum atomic E-state index is -4.63. The van der Waals surface area contributed by atoms with Crippen LogP contribution in [0.1, 0.15) is 41.3 Å². The van der Waals surface area contributed by atoms with Crippen LogP contribution < -0.4 is 5.32 Å². The number of alkyl halides is 3. The summed E-state index contributed by atoms with van der Waals surface area (Å²) in [6.07, 6.45) is -3.82. The summed E-state index contributed by atoms with van der Waals surface area (Å²) in [5.41, 5.74) is -0.226. The van der Waals surface area contributed by atoms with Crippen molar-refractivity contribution >= 4 is 28.0 Å². The molecule has 2 amide bonds. The number of benzene rings is 2. The molecule has 1 saturated heterocycles. The van der Waals surface area contributed by atoms with E-state index in [4.69, 9.17) is 4.74 Å². The van der Waals surface area contributed by atoms with Gasteiger partial charge in [-0.05, 0) is 61.7 Å². The average Bonchev–Trinajstić information content (AvgIpc) is 2.94. The monoisotopic (exact) mass is 585 g/mol. The van der Waals surface area contributed by atoms with E-state index in [2.05, 4.69) is 10.1 Å². The number of esters is 2. The molecular weight excluding hydrogens is 555 g/mol. The van der Waals surface area contributed by atoms with E-state index in [0.717, 1.165) is 16.4 Å². The first-order chi connectivity index (χ1) is 18.9. The van der Waals surface area contributed by atoms with Crippen molar-refractivity contribution in [2.45, 2.75) is 43.4 Å². The molecule has 40 heavy (non-hydrogen) atoms. The van der Waals surface area contributed by atoms with Crippen LogP contribution in [0.25, 0.3) is 0 Å². The Morgan fingerprint density at radius 2 is 1.73 bits per heavy atom. The van der Waals surface area contributed by atoms with Gasteiger partial charge in [-0.2, -0.15) is 17.5 Å². The molecule has 10 nitrogen and oxygen atoms in total. The van der Waals surface area contributed by atoms with Crippen molar-refractivity contribution in [3.05, 3.63) is 65.2 Å². The molecule has 2 aromatic rings. The molecule has 1 heterocycles. The Morgan fingerprint density at radius 3 is 2.30 bits per heavy atom. The Kier molecular flexibility index (Phi) is 10.1. The van der Waals surface area contributed by atoms with Crippen molar-refractivity contribution in [3.63, 3.8) is 0 Å². The molecule has 3 rings (SSSR count). The largest absolute Gasteiger partial charge is 0.465 e. The number of urea groups is 1. The number of nitrogens with one attached hydrogen (secondary N) is 1. The lowest BCUT2D eigenvalue weighted by Gasteiger charge is -2.38. The molecule has 0 bridgehead atoms. The second-order valence-electron chi connectivity index (χ2n) is 8.97. The van der Waals surface area contributed by atoms with Gasteiger partial charge >= 0.3 is 24.1 Å². The Bertz CT molecular complexity index is 1300. The van der Waals surface area contributed by atoms with Gasteiger partial charge in [0.05, 0.1) is 29.7 Å². The van der Waals surface area contributed by atoms with Crippen molar-refractivity contribution in [2.75, 3.05) is 33.4 Å². The first-order valence-corrected chi connectivity index (χ1v) is 13.9. The fraction of sp³-hybridized carbons (Fsp3) is 0.423. The van der Waals surface area contributed by atoms with Crippen LogP contribution in [0.3, 0.4) is 0 Å². The van der Waals surface area contributed by atoms with Gasteiger partial charge in [-0.1, -0.05) is 12.1 Å². The van der Waals surface area contributed by atoms with Gasteiger partial charge in [-0.3, -0.25) is 4.79 Å². The first kappa shape index (κ1) is 30.9. The van der Waals surface area contributed by atoms with E-state index >= 15 is 0 Å². The van der Waals surface area contributed by atoms with Crippen LogP contribution in [-0.2, 0) is 37.0 Å². The zero-order valence-electron chi connectivity index (χ0n) is 21.9. The fourth-order valence-electron chi connectivity index (χ4n) is 4.25. The normalized spacial score (nSPS) is 15.9. The highest BCUT2D eigenvalue weighted by molar-refractivity contribution is 7.89. The topological polar surface area (TPSA) is 122 Å². The lowest BCUT2D eigenvalue weighted by atomic mass is 10.1. The summed E-state index contributed by atoms with van der Waals surface area (Å²) >= 11 is 0. The van der Waals surface area contributed by atoms with Gasteiger partial charge in [0.2, 0.25) is 10.0 Å². The maximum Gasteiger partial charge on any atom is 0.416 e. The fourth-order valence-corrected chi connectivity index (χ4v) is 5.89. The van der Waals surface area contributed by atoms with Crippen LogP contribution in [-0.4, -0.2) is 75.0 Å². The van der Waals surface area contributed by atoms with E-state index in [0.29, 0.717) is 37.1 Å². The minimum Gasteiger partial charge on any atom is -0.465 e. The van der Waals surface area contributed by atoms with E-state index in [9.17, 15) is 36.0 Å². The van der Waals surface area contributed by atoms with Crippen LogP contribution in [0.5, 0.6) is 0 Å². The molecule has 0 aliphatic carbocycles. The Balaban J connectivity index is 1.89. The zero-order chi connectivity index (χ0) is 29.5. The highest BCUT2D eigenvalue weighted by Crippen LogP contribution is 2.31. The number of sulfonamides is 1. The molecule has 0 radical (unpaired) electrons. The summed E-state index contributed by atoms with van der Waals surface area (Å²) in [5.74, 6) is -1.19. The summed E-state index contributed by atoms with van der Waals surface area (Å²) in [5, 5.41) is 2.45. The Hall–Kier alpha value is -3.65. The molecular formula is C26H30F3N3O7S. The predicted molar refractivity (Wildman–Crippen MR) is 137 cm³/mol. The molecule has 1 aliphatic rings. The number of halogens is 3.